The number of aldehydes is 1. The number of carbonyl (C=O) groups is 1. The largest absolute Gasteiger partial charge is 0.377 e. The molecule has 2 aromatic rings. The van der Waals surface area contributed by atoms with Crippen LogP contribution < -0.4 is 4.90 Å². The first-order valence-corrected chi connectivity index (χ1v) is 9.85. The molecular formula is C20H27FN4OS. The Labute approximate surface area is 164 Å². The van der Waals surface area contributed by atoms with Crippen LogP contribution in [0, 0.1) is 0 Å². The number of pyridine rings is 1. The normalized spacial score (nSPS) is 13.3. The zero-order valence-electron chi connectivity index (χ0n) is 16.6. The molecule has 0 fully saturated rings. The van der Waals surface area contributed by atoms with Crippen molar-refractivity contribution in [3.05, 3.63) is 29.0 Å². The van der Waals surface area contributed by atoms with Crippen molar-refractivity contribution in [2.45, 2.75) is 39.2 Å². The number of thiophene rings is 1. The summed E-state index contributed by atoms with van der Waals surface area (Å²) in [4.78, 5) is 25.8. The average Bonchev–Trinajstić information content (AvgIpc) is 3.01. The van der Waals surface area contributed by atoms with Crippen LogP contribution in [0.25, 0.3) is 10.2 Å². The van der Waals surface area contributed by atoms with Gasteiger partial charge in [-0.25, -0.2) is 14.4 Å². The standard InChI is InChI=1S/C20H27FN4OS/c1-6-7-15(21)9-8-14(2)25(5)13-23-19-17(12-26)27-20-18(19)16(24(3)4)10-11-22-20/h9-14H,6-8H2,1-5H3/b15-9+,23-13?. The van der Waals surface area contributed by atoms with Gasteiger partial charge in [0.05, 0.1) is 33.8 Å². The number of allylic oxidation sites excluding steroid dienone is 1. The molecule has 27 heavy (non-hydrogen) atoms. The van der Waals surface area contributed by atoms with Crippen molar-refractivity contribution >= 4 is 45.6 Å². The van der Waals surface area contributed by atoms with E-state index in [4.69, 9.17) is 0 Å². The van der Waals surface area contributed by atoms with Gasteiger partial charge < -0.3 is 9.80 Å². The van der Waals surface area contributed by atoms with Crippen molar-refractivity contribution in [3.8, 4) is 0 Å². The van der Waals surface area contributed by atoms with E-state index in [0.29, 0.717) is 23.4 Å². The number of halogens is 1. The van der Waals surface area contributed by atoms with Crippen LogP contribution >= 0.6 is 11.3 Å². The lowest BCUT2D eigenvalue weighted by atomic mass is 10.2. The van der Waals surface area contributed by atoms with Gasteiger partial charge in [0.1, 0.15) is 4.83 Å². The van der Waals surface area contributed by atoms with Gasteiger partial charge in [-0.15, -0.1) is 11.3 Å². The molecule has 0 amide bonds. The van der Waals surface area contributed by atoms with Crippen molar-refractivity contribution < 1.29 is 9.18 Å². The van der Waals surface area contributed by atoms with Gasteiger partial charge in [0.15, 0.2) is 6.29 Å². The van der Waals surface area contributed by atoms with E-state index in [0.717, 1.165) is 28.6 Å². The molecule has 7 heteroatoms. The van der Waals surface area contributed by atoms with Gasteiger partial charge in [-0.05, 0) is 32.3 Å². The summed E-state index contributed by atoms with van der Waals surface area (Å²) in [5.41, 5.74) is 1.60. The van der Waals surface area contributed by atoms with E-state index in [1.807, 2.05) is 50.9 Å². The molecule has 0 aliphatic carbocycles. The Balaban J connectivity index is 2.29. The summed E-state index contributed by atoms with van der Waals surface area (Å²) in [5, 5.41) is 0.876. The summed E-state index contributed by atoms with van der Waals surface area (Å²) in [5.74, 6) is -0.0662. The molecule has 0 spiro atoms. The summed E-state index contributed by atoms with van der Waals surface area (Å²) in [6.07, 6.45) is 7.79. The monoisotopic (exact) mass is 390 g/mol. The van der Waals surface area contributed by atoms with Crippen LogP contribution in [0.4, 0.5) is 15.8 Å². The second-order valence-electron chi connectivity index (χ2n) is 6.73. The molecular weight excluding hydrogens is 363 g/mol. The van der Waals surface area contributed by atoms with Crippen LogP contribution in [-0.2, 0) is 0 Å². The van der Waals surface area contributed by atoms with Gasteiger partial charge in [0.25, 0.3) is 0 Å². The van der Waals surface area contributed by atoms with Crippen molar-refractivity contribution in [3.63, 3.8) is 0 Å². The molecule has 0 N–H and O–H groups in total. The fraction of sp³-hybridized carbons (Fsp3) is 0.450. The van der Waals surface area contributed by atoms with Crippen molar-refractivity contribution in [1.29, 1.82) is 0 Å². The number of hydrogen-bond donors (Lipinski definition) is 0. The third-order valence-electron chi connectivity index (χ3n) is 4.39. The molecule has 0 aromatic carbocycles. The quantitative estimate of drug-likeness (QED) is 0.335. The first-order valence-electron chi connectivity index (χ1n) is 9.03. The van der Waals surface area contributed by atoms with Gasteiger partial charge in [-0.3, -0.25) is 4.79 Å². The number of nitrogens with zero attached hydrogens (tertiary/aromatic N) is 4. The van der Waals surface area contributed by atoms with Gasteiger partial charge in [-0.1, -0.05) is 13.0 Å². The number of aromatic nitrogens is 1. The summed E-state index contributed by atoms with van der Waals surface area (Å²) in [6.45, 7) is 3.98. The van der Waals surface area contributed by atoms with E-state index >= 15 is 0 Å². The first kappa shape index (κ1) is 21.0. The fourth-order valence-corrected chi connectivity index (χ4v) is 3.58. The smallest absolute Gasteiger partial charge is 0.162 e. The molecule has 146 valence electrons. The van der Waals surface area contributed by atoms with Crippen LogP contribution in [0.2, 0.25) is 0 Å². The fourth-order valence-electron chi connectivity index (χ4n) is 2.66. The van der Waals surface area contributed by atoms with Crippen molar-refractivity contribution in [2.75, 3.05) is 26.0 Å². The SMILES string of the molecule is CCC/C(F)=C\CC(C)N(C)C=Nc1c(C=O)sc2nccc(N(C)C)c12. The van der Waals surface area contributed by atoms with Crippen LogP contribution in [0.5, 0.6) is 0 Å². The highest BCUT2D eigenvalue weighted by atomic mass is 32.1. The maximum atomic E-state index is 13.6. The molecule has 0 saturated carbocycles. The molecule has 0 saturated heterocycles. The second kappa shape index (κ2) is 9.60. The minimum atomic E-state index is -0.0662. The molecule has 0 bridgehead atoms. The second-order valence-corrected chi connectivity index (χ2v) is 7.76. The number of rotatable bonds is 9. The lowest BCUT2D eigenvalue weighted by Gasteiger charge is -2.21. The lowest BCUT2D eigenvalue weighted by molar-refractivity contribution is 0.112. The number of fused-ring (bicyclic) bond motifs is 1. The molecule has 2 rings (SSSR count). The predicted molar refractivity (Wildman–Crippen MR) is 113 cm³/mol. The Morgan fingerprint density at radius 2 is 2.15 bits per heavy atom. The van der Waals surface area contributed by atoms with Gasteiger partial charge in [-0.2, -0.15) is 0 Å². The molecule has 0 aliphatic heterocycles. The van der Waals surface area contributed by atoms with Crippen molar-refractivity contribution in [1.82, 2.24) is 9.88 Å². The third kappa shape index (κ3) is 5.13. The highest BCUT2D eigenvalue weighted by Gasteiger charge is 2.17. The van der Waals surface area contributed by atoms with E-state index in [-0.39, 0.29) is 11.9 Å². The molecule has 0 aliphatic rings. The van der Waals surface area contributed by atoms with Crippen LogP contribution in [-0.4, -0.2) is 49.7 Å². The Kier molecular flexibility index (Phi) is 7.47. The Morgan fingerprint density at radius 1 is 1.41 bits per heavy atom. The number of hydrogen-bond acceptors (Lipinski definition) is 5. The summed E-state index contributed by atoms with van der Waals surface area (Å²) in [7, 11) is 5.80. The van der Waals surface area contributed by atoms with Gasteiger partial charge in [0.2, 0.25) is 0 Å². The van der Waals surface area contributed by atoms with E-state index in [2.05, 4.69) is 9.98 Å². The summed E-state index contributed by atoms with van der Waals surface area (Å²) in [6, 6.07) is 2.00. The number of anilines is 1. The van der Waals surface area contributed by atoms with E-state index in [1.165, 1.54) is 11.3 Å². The molecule has 0 radical (unpaired) electrons. The van der Waals surface area contributed by atoms with E-state index in [1.54, 1.807) is 18.6 Å². The highest BCUT2D eigenvalue weighted by Crippen LogP contribution is 2.40. The lowest BCUT2D eigenvalue weighted by Crippen LogP contribution is -2.27. The van der Waals surface area contributed by atoms with Gasteiger partial charge in [0, 0.05) is 33.4 Å². The topological polar surface area (TPSA) is 48.8 Å². The molecule has 5 nitrogen and oxygen atoms in total. The van der Waals surface area contributed by atoms with Crippen LogP contribution in [0.1, 0.15) is 42.8 Å². The molecule has 2 heterocycles. The zero-order valence-corrected chi connectivity index (χ0v) is 17.4. The maximum absolute atomic E-state index is 13.6. The Morgan fingerprint density at radius 3 is 2.78 bits per heavy atom. The predicted octanol–water partition coefficient (Wildman–Crippen LogP) is 5.20. The first-order chi connectivity index (χ1) is 12.9. The minimum Gasteiger partial charge on any atom is -0.377 e. The Hall–Kier alpha value is -2.28. The van der Waals surface area contributed by atoms with Crippen molar-refractivity contribution in [2.24, 2.45) is 4.99 Å². The van der Waals surface area contributed by atoms with Crippen LogP contribution in [0.15, 0.2) is 29.2 Å². The van der Waals surface area contributed by atoms with E-state index in [9.17, 15) is 9.18 Å². The Bertz CT molecular complexity index is 844. The molecule has 1 atom stereocenters. The summed E-state index contributed by atoms with van der Waals surface area (Å²) < 4.78 is 13.6. The van der Waals surface area contributed by atoms with Crippen LogP contribution in [0.3, 0.4) is 0 Å². The highest BCUT2D eigenvalue weighted by molar-refractivity contribution is 7.21. The maximum Gasteiger partial charge on any atom is 0.162 e. The minimum absolute atomic E-state index is 0.0662. The molecule has 1 unspecified atom stereocenters. The average molecular weight is 391 g/mol. The van der Waals surface area contributed by atoms with E-state index < -0.39 is 0 Å². The van der Waals surface area contributed by atoms with Gasteiger partial charge >= 0.3 is 0 Å². The molecule has 2 aromatic heterocycles. The zero-order chi connectivity index (χ0) is 20.0. The third-order valence-corrected chi connectivity index (χ3v) is 5.41. The summed E-state index contributed by atoms with van der Waals surface area (Å²) >= 11 is 1.34. The number of carbonyl (C=O) groups excluding carboxylic acids is 1. The number of aliphatic imine (C=N–C) groups is 1.